The molecule has 0 amide bonds. The van der Waals surface area contributed by atoms with Gasteiger partial charge in [0.1, 0.15) is 17.0 Å². The van der Waals surface area contributed by atoms with Crippen molar-refractivity contribution >= 4 is 10.0 Å². The van der Waals surface area contributed by atoms with Crippen molar-refractivity contribution in [1.82, 2.24) is 4.72 Å². The fourth-order valence-corrected chi connectivity index (χ4v) is 5.32. The molecular weight excluding hydrogens is 362 g/mol. The first-order chi connectivity index (χ1) is 12.8. The minimum Gasteiger partial charge on any atom is -0.508 e. The van der Waals surface area contributed by atoms with Crippen molar-refractivity contribution < 1.29 is 18.6 Å². The van der Waals surface area contributed by atoms with Gasteiger partial charge in [-0.3, -0.25) is 0 Å². The second-order valence-corrected chi connectivity index (χ2v) is 8.51. The largest absolute Gasteiger partial charge is 0.508 e. The molecule has 0 unspecified atom stereocenters. The molecule has 0 bridgehead atoms. The van der Waals surface area contributed by atoms with Gasteiger partial charge in [-0.05, 0) is 66.4 Å². The summed E-state index contributed by atoms with van der Waals surface area (Å²) in [5.74, 6) is 0.287. The molecule has 27 heavy (non-hydrogen) atoms. The quantitative estimate of drug-likeness (QED) is 0.636. The smallest absolute Gasteiger partial charge is 0.242 e. The van der Waals surface area contributed by atoms with Gasteiger partial charge in [0.15, 0.2) is 0 Å². The Balaban J connectivity index is 2.12. The maximum absolute atomic E-state index is 12.9. The fourth-order valence-electron chi connectivity index (χ4n) is 3.70. The van der Waals surface area contributed by atoms with Crippen molar-refractivity contribution in [2.75, 3.05) is 0 Å². The maximum Gasteiger partial charge on any atom is 0.242 e. The van der Waals surface area contributed by atoms with Crippen LogP contribution in [-0.4, -0.2) is 18.6 Å². The van der Waals surface area contributed by atoms with Crippen molar-refractivity contribution in [3.63, 3.8) is 0 Å². The molecule has 0 radical (unpaired) electrons. The van der Waals surface area contributed by atoms with Crippen molar-refractivity contribution in [2.24, 2.45) is 0 Å². The van der Waals surface area contributed by atoms with Crippen LogP contribution in [0, 0.1) is 13.8 Å². The van der Waals surface area contributed by atoms with Crippen LogP contribution in [0.1, 0.15) is 27.8 Å². The summed E-state index contributed by atoms with van der Waals surface area (Å²) in [6.45, 7) is 3.54. The van der Waals surface area contributed by atoms with E-state index in [-0.39, 0.29) is 16.4 Å². The summed E-state index contributed by atoms with van der Waals surface area (Å²) in [6.07, 6.45) is 0. The highest BCUT2D eigenvalue weighted by Gasteiger charge is 2.49. The molecule has 1 heterocycles. The molecule has 1 aliphatic heterocycles. The molecule has 4 rings (SSSR count). The lowest BCUT2D eigenvalue weighted by atomic mass is 9.77. The number of fused-ring (bicyclic) bond motifs is 1. The van der Waals surface area contributed by atoms with Crippen LogP contribution in [0.25, 0.3) is 0 Å². The van der Waals surface area contributed by atoms with Gasteiger partial charge in [-0.2, -0.15) is 4.72 Å². The van der Waals surface area contributed by atoms with Crippen LogP contribution in [0.2, 0.25) is 0 Å². The number of aromatic hydroxyl groups is 2. The first-order valence-electron chi connectivity index (χ1n) is 8.49. The Morgan fingerprint density at radius 1 is 0.815 bits per heavy atom. The zero-order valence-electron chi connectivity index (χ0n) is 14.9. The van der Waals surface area contributed by atoms with Crippen LogP contribution in [0.15, 0.2) is 65.6 Å². The number of benzene rings is 3. The fraction of sp³-hybridized carbons (Fsp3) is 0.143. The lowest BCUT2D eigenvalue weighted by Crippen LogP contribution is -2.41. The molecular formula is C21H19NO4S. The number of sulfonamides is 1. The number of rotatable bonds is 2. The van der Waals surface area contributed by atoms with Crippen molar-refractivity contribution in [1.29, 1.82) is 0 Å². The molecule has 0 aliphatic carbocycles. The molecule has 0 spiro atoms. The second kappa shape index (κ2) is 5.84. The number of phenols is 2. The summed E-state index contributed by atoms with van der Waals surface area (Å²) >= 11 is 0. The third-order valence-electron chi connectivity index (χ3n) is 5.13. The van der Waals surface area contributed by atoms with Crippen molar-refractivity contribution in [3.8, 4) is 11.5 Å². The van der Waals surface area contributed by atoms with E-state index in [1.807, 2.05) is 0 Å². The van der Waals surface area contributed by atoms with Gasteiger partial charge in [0.25, 0.3) is 0 Å². The van der Waals surface area contributed by atoms with Crippen LogP contribution in [0.4, 0.5) is 0 Å². The standard InChI is InChI=1S/C21H19NO4S/c1-13-11-15(7-9-18(13)23)21(16-8-10-19(24)14(2)12-16)17-5-3-4-6-20(17)27(25,26)22-21/h3-12,22-24H,1-2H3. The minimum atomic E-state index is -3.73. The minimum absolute atomic E-state index is 0.143. The van der Waals surface area contributed by atoms with Gasteiger partial charge in [-0.15, -0.1) is 0 Å². The highest BCUT2D eigenvalue weighted by molar-refractivity contribution is 7.90. The van der Waals surface area contributed by atoms with E-state index in [9.17, 15) is 18.6 Å². The normalized spacial score (nSPS) is 16.8. The molecule has 3 aromatic rings. The van der Waals surface area contributed by atoms with E-state index >= 15 is 0 Å². The second-order valence-electron chi connectivity index (χ2n) is 6.85. The van der Waals surface area contributed by atoms with Gasteiger partial charge in [-0.1, -0.05) is 30.3 Å². The van der Waals surface area contributed by atoms with Gasteiger partial charge in [0.2, 0.25) is 10.0 Å². The summed E-state index contributed by atoms with van der Waals surface area (Å²) in [4.78, 5) is 0.224. The Morgan fingerprint density at radius 3 is 1.85 bits per heavy atom. The highest BCUT2D eigenvalue weighted by atomic mass is 32.2. The predicted octanol–water partition coefficient (Wildman–Crippen LogP) is 3.30. The lowest BCUT2D eigenvalue weighted by Gasteiger charge is -2.31. The average molecular weight is 381 g/mol. The highest BCUT2D eigenvalue weighted by Crippen LogP contribution is 2.46. The molecule has 0 atom stereocenters. The van der Waals surface area contributed by atoms with Gasteiger partial charge >= 0.3 is 0 Å². The number of aryl methyl sites for hydroxylation is 2. The molecule has 1 aliphatic rings. The van der Waals surface area contributed by atoms with E-state index in [0.29, 0.717) is 27.8 Å². The van der Waals surface area contributed by atoms with E-state index in [1.54, 1.807) is 74.5 Å². The predicted molar refractivity (Wildman–Crippen MR) is 102 cm³/mol. The van der Waals surface area contributed by atoms with Gasteiger partial charge in [-0.25, -0.2) is 8.42 Å². The molecule has 3 aromatic carbocycles. The van der Waals surface area contributed by atoms with Gasteiger partial charge in [0.05, 0.1) is 4.90 Å². The third kappa shape index (κ3) is 2.52. The zero-order chi connectivity index (χ0) is 19.4. The third-order valence-corrected chi connectivity index (χ3v) is 6.64. The molecule has 138 valence electrons. The van der Waals surface area contributed by atoms with Crippen LogP contribution < -0.4 is 4.72 Å². The van der Waals surface area contributed by atoms with Crippen molar-refractivity contribution in [3.05, 3.63) is 88.5 Å². The zero-order valence-corrected chi connectivity index (χ0v) is 15.7. The first kappa shape index (κ1) is 17.6. The number of hydrogen-bond donors (Lipinski definition) is 3. The monoisotopic (exact) mass is 381 g/mol. The molecule has 5 nitrogen and oxygen atoms in total. The number of phenolic OH excluding ortho intramolecular Hbond substituents is 2. The van der Waals surface area contributed by atoms with E-state index in [1.165, 1.54) is 0 Å². The lowest BCUT2D eigenvalue weighted by molar-refractivity contribution is 0.469. The first-order valence-corrected chi connectivity index (χ1v) is 9.98. The summed E-state index contributed by atoms with van der Waals surface area (Å²) < 4.78 is 28.7. The summed E-state index contributed by atoms with van der Waals surface area (Å²) in [5, 5.41) is 19.9. The van der Waals surface area contributed by atoms with Crippen LogP contribution in [-0.2, 0) is 15.6 Å². The molecule has 6 heteroatoms. The average Bonchev–Trinajstić information content (AvgIpc) is 2.89. The number of nitrogens with one attached hydrogen (secondary N) is 1. The van der Waals surface area contributed by atoms with E-state index in [4.69, 9.17) is 0 Å². The molecule has 0 fully saturated rings. The van der Waals surface area contributed by atoms with Crippen molar-refractivity contribution in [2.45, 2.75) is 24.3 Å². The van der Waals surface area contributed by atoms with Gasteiger partial charge < -0.3 is 10.2 Å². The SMILES string of the molecule is Cc1cc(C2(c3ccc(O)c(C)c3)NS(=O)(=O)c3ccccc32)ccc1O. The summed E-state index contributed by atoms with van der Waals surface area (Å²) in [5.41, 5.74) is 2.14. The van der Waals surface area contributed by atoms with E-state index in [0.717, 1.165) is 0 Å². The molecule has 3 N–H and O–H groups in total. The molecule has 0 aromatic heterocycles. The van der Waals surface area contributed by atoms with Crippen LogP contribution in [0.3, 0.4) is 0 Å². The molecule has 0 saturated carbocycles. The van der Waals surface area contributed by atoms with E-state index < -0.39 is 15.6 Å². The van der Waals surface area contributed by atoms with Gasteiger partial charge in [0, 0.05) is 5.56 Å². The summed E-state index contributed by atoms with van der Waals surface area (Å²) in [7, 11) is -3.73. The van der Waals surface area contributed by atoms with Crippen LogP contribution >= 0.6 is 0 Å². The molecule has 0 saturated heterocycles. The Labute approximate surface area is 158 Å². The Bertz CT molecular complexity index is 1120. The Kier molecular flexibility index (Phi) is 3.80. The van der Waals surface area contributed by atoms with E-state index in [2.05, 4.69) is 4.72 Å². The van der Waals surface area contributed by atoms with Crippen LogP contribution in [0.5, 0.6) is 11.5 Å². The Morgan fingerprint density at radius 2 is 1.33 bits per heavy atom. The Hall–Kier alpha value is -2.83. The number of hydrogen-bond acceptors (Lipinski definition) is 4. The topological polar surface area (TPSA) is 86.6 Å². The maximum atomic E-state index is 12.9. The summed E-state index contributed by atoms with van der Waals surface area (Å²) in [6, 6.07) is 17.0.